The van der Waals surface area contributed by atoms with Crippen LogP contribution in [0.4, 0.5) is 5.82 Å². The average Bonchev–Trinajstić information content (AvgIpc) is 3.49. The molecule has 4 heterocycles. The van der Waals surface area contributed by atoms with Crippen LogP contribution in [-0.2, 0) is 6.54 Å². The topological polar surface area (TPSA) is 113 Å². The lowest BCUT2D eigenvalue weighted by Gasteiger charge is -2.16. The van der Waals surface area contributed by atoms with Crippen molar-refractivity contribution in [3.8, 4) is 11.5 Å². The van der Waals surface area contributed by atoms with E-state index in [4.69, 9.17) is 20.2 Å². The molecule has 2 amide bonds. The highest BCUT2D eigenvalue weighted by Crippen LogP contribution is 2.41. The zero-order valence-corrected chi connectivity index (χ0v) is 20.5. The molecule has 2 aromatic heterocycles. The van der Waals surface area contributed by atoms with Gasteiger partial charge in [-0.15, -0.1) is 0 Å². The Morgan fingerprint density at radius 2 is 1.74 bits per heavy atom. The Morgan fingerprint density at radius 3 is 2.47 bits per heavy atom. The van der Waals surface area contributed by atoms with Crippen molar-refractivity contribution < 1.29 is 19.1 Å². The van der Waals surface area contributed by atoms with Crippen molar-refractivity contribution in [2.45, 2.75) is 16.6 Å². The number of aromatic nitrogens is 3. The highest BCUT2D eigenvalue weighted by atomic mass is 127. The molecule has 0 radical (unpaired) electrons. The van der Waals surface area contributed by atoms with Crippen LogP contribution in [0, 0.1) is 3.57 Å². The van der Waals surface area contributed by atoms with Crippen molar-refractivity contribution in [1.82, 2.24) is 19.4 Å². The summed E-state index contributed by atoms with van der Waals surface area (Å²) < 4.78 is 13.9. The summed E-state index contributed by atoms with van der Waals surface area (Å²) in [4.78, 5) is 36.8. The number of rotatable bonds is 5. The number of hydrogen-bond donors (Lipinski definition) is 1. The van der Waals surface area contributed by atoms with Gasteiger partial charge in [-0.25, -0.2) is 9.97 Å². The number of fused-ring (bicyclic) bond motifs is 3. The number of nitrogens with two attached hydrogens (primary N) is 1. The second-order valence-corrected chi connectivity index (χ2v) is 9.83. The molecule has 2 aliphatic rings. The Labute approximate surface area is 211 Å². The number of carbonyl (C=O) groups excluding carboxylic acids is 2. The van der Waals surface area contributed by atoms with Crippen LogP contribution in [0.5, 0.6) is 11.5 Å². The maximum atomic E-state index is 12.8. The number of imide groups is 1. The normalized spacial score (nSPS) is 14.3. The van der Waals surface area contributed by atoms with Crippen LogP contribution in [0.3, 0.4) is 0 Å². The molecule has 0 aliphatic carbocycles. The average molecular weight is 585 g/mol. The van der Waals surface area contributed by atoms with Crippen molar-refractivity contribution in [1.29, 1.82) is 0 Å². The molecule has 11 heteroatoms. The van der Waals surface area contributed by atoms with Crippen molar-refractivity contribution >= 4 is 63.0 Å². The van der Waals surface area contributed by atoms with Gasteiger partial charge in [0.1, 0.15) is 5.52 Å². The second-order valence-electron chi connectivity index (χ2n) is 7.66. The predicted octanol–water partition coefficient (Wildman–Crippen LogP) is 3.79. The van der Waals surface area contributed by atoms with E-state index < -0.39 is 0 Å². The fraction of sp³-hybridized carbons (Fsp3) is 0.130. The molecule has 0 saturated heterocycles. The lowest BCUT2D eigenvalue weighted by molar-refractivity contribution is 0.0648. The highest BCUT2D eigenvalue weighted by Gasteiger charge is 2.35. The molecule has 6 rings (SSSR count). The lowest BCUT2D eigenvalue weighted by Crippen LogP contribution is -2.33. The summed E-state index contributed by atoms with van der Waals surface area (Å²) in [5, 5.41) is 0.670. The van der Waals surface area contributed by atoms with Gasteiger partial charge in [0, 0.05) is 27.8 Å². The first-order chi connectivity index (χ1) is 16.5. The summed E-state index contributed by atoms with van der Waals surface area (Å²) in [5.41, 5.74) is 8.32. The summed E-state index contributed by atoms with van der Waals surface area (Å²) in [6.45, 7) is 0.751. The van der Waals surface area contributed by atoms with Crippen LogP contribution < -0.4 is 15.2 Å². The number of pyridine rings is 1. The number of anilines is 1. The number of amides is 2. The van der Waals surface area contributed by atoms with E-state index in [1.165, 1.54) is 16.7 Å². The van der Waals surface area contributed by atoms with E-state index in [-0.39, 0.29) is 25.2 Å². The molecular weight excluding hydrogens is 569 g/mol. The Morgan fingerprint density at radius 1 is 1.03 bits per heavy atom. The maximum absolute atomic E-state index is 12.8. The minimum Gasteiger partial charge on any atom is -0.454 e. The smallest absolute Gasteiger partial charge is 0.261 e. The first-order valence-corrected chi connectivity index (χ1v) is 12.2. The molecule has 4 aromatic rings. The van der Waals surface area contributed by atoms with Crippen molar-refractivity contribution in [2.75, 3.05) is 19.1 Å². The maximum Gasteiger partial charge on any atom is 0.261 e. The number of hydrogen-bond acceptors (Lipinski definition) is 8. The van der Waals surface area contributed by atoms with E-state index in [0.29, 0.717) is 45.7 Å². The third-order valence-electron chi connectivity index (χ3n) is 5.71. The molecule has 0 fully saturated rings. The quantitative estimate of drug-likeness (QED) is 0.278. The molecule has 9 nitrogen and oxygen atoms in total. The molecule has 0 spiro atoms. The largest absolute Gasteiger partial charge is 0.454 e. The molecule has 2 N–H and O–H groups in total. The van der Waals surface area contributed by atoms with Crippen LogP contribution in [-0.4, -0.2) is 44.6 Å². The monoisotopic (exact) mass is 585 g/mol. The Bertz CT molecular complexity index is 1470. The van der Waals surface area contributed by atoms with E-state index in [1.54, 1.807) is 30.5 Å². The van der Waals surface area contributed by atoms with E-state index in [9.17, 15) is 9.59 Å². The minimum absolute atomic E-state index is 0.195. The minimum atomic E-state index is -0.286. The van der Waals surface area contributed by atoms with Gasteiger partial charge in [0.2, 0.25) is 6.79 Å². The zero-order valence-electron chi connectivity index (χ0n) is 17.5. The summed E-state index contributed by atoms with van der Waals surface area (Å²) in [6, 6.07) is 12.5. The summed E-state index contributed by atoms with van der Waals surface area (Å²) in [7, 11) is 0. The van der Waals surface area contributed by atoms with Crippen molar-refractivity contribution in [2.24, 2.45) is 0 Å². The van der Waals surface area contributed by atoms with Crippen molar-refractivity contribution in [3.63, 3.8) is 0 Å². The molecule has 34 heavy (non-hydrogen) atoms. The van der Waals surface area contributed by atoms with Crippen LogP contribution in [0.2, 0.25) is 0 Å². The Kier molecular flexibility index (Phi) is 5.10. The van der Waals surface area contributed by atoms with Gasteiger partial charge in [0.05, 0.1) is 16.6 Å². The number of imidazole rings is 1. The van der Waals surface area contributed by atoms with Crippen molar-refractivity contribution in [3.05, 3.63) is 63.4 Å². The molecule has 0 saturated carbocycles. The van der Waals surface area contributed by atoms with E-state index in [0.717, 1.165) is 14.0 Å². The number of nitrogens with zero attached hydrogens (tertiary/aromatic N) is 4. The summed E-state index contributed by atoms with van der Waals surface area (Å²) in [5.74, 6) is 1.13. The number of nitrogen functional groups attached to an aromatic ring is 1. The van der Waals surface area contributed by atoms with E-state index >= 15 is 0 Å². The van der Waals surface area contributed by atoms with Gasteiger partial charge in [0.15, 0.2) is 22.5 Å². The first kappa shape index (κ1) is 21.2. The van der Waals surface area contributed by atoms with E-state index in [1.807, 2.05) is 22.8 Å². The molecule has 2 aromatic carbocycles. The second kappa shape index (κ2) is 8.17. The predicted molar refractivity (Wildman–Crippen MR) is 133 cm³/mol. The summed E-state index contributed by atoms with van der Waals surface area (Å²) >= 11 is 3.70. The summed E-state index contributed by atoms with van der Waals surface area (Å²) in [6.07, 6.45) is 1.62. The van der Waals surface area contributed by atoms with Gasteiger partial charge in [0.25, 0.3) is 11.8 Å². The first-order valence-electron chi connectivity index (χ1n) is 10.3. The Hall–Kier alpha value is -3.32. The third kappa shape index (κ3) is 3.38. The molecule has 0 unspecified atom stereocenters. The van der Waals surface area contributed by atoms with Gasteiger partial charge >= 0.3 is 0 Å². The van der Waals surface area contributed by atoms with Gasteiger partial charge < -0.3 is 19.8 Å². The fourth-order valence-corrected chi connectivity index (χ4v) is 5.79. The number of carbonyl (C=O) groups is 2. The third-order valence-corrected chi connectivity index (χ3v) is 8.02. The molecule has 0 bridgehead atoms. The SMILES string of the molecule is Nc1nccc2c1nc(Sc1cc3c(cc1I)OCO3)n2CCN1C(=O)c2ccccc2C1=O. The van der Waals surface area contributed by atoms with Gasteiger partial charge in [-0.1, -0.05) is 23.9 Å². The number of ether oxygens (including phenoxy) is 2. The lowest BCUT2D eigenvalue weighted by atomic mass is 10.1. The molecule has 0 atom stereocenters. The van der Waals surface area contributed by atoms with Gasteiger partial charge in [-0.2, -0.15) is 0 Å². The van der Waals surface area contributed by atoms with Gasteiger partial charge in [-0.05, 0) is 52.9 Å². The fourth-order valence-electron chi connectivity index (χ4n) is 4.06. The molecular formula is C23H16IN5O4S. The highest BCUT2D eigenvalue weighted by molar-refractivity contribution is 14.1. The van der Waals surface area contributed by atoms with Crippen LogP contribution in [0.1, 0.15) is 20.7 Å². The Balaban J connectivity index is 1.35. The molecule has 2 aliphatic heterocycles. The van der Waals surface area contributed by atoms with E-state index in [2.05, 4.69) is 27.6 Å². The number of benzene rings is 2. The zero-order chi connectivity index (χ0) is 23.4. The van der Waals surface area contributed by atoms with Crippen LogP contribution in [0.15, 0.2) is 58.7 Å². The van der Waals surface area contributed by atoms with Crippen LogP contribution >= 0.6 is 34.4 Å². The van der Waals surface area contributed by atoms with Crippen LogP contribution in [0.25, 0.3) is 11.0 Å². The number of halogens is 1. The molecule has 170 valence electrons. The standard InChI is InChI=1S/C23H16IN5O4S/c24-14-9-16-17(33-11-32-16)10-18(14)34-23-27-19-15(5-6-26-20(19)25)28(23)7-8-29-21(30)12-3-1-2-4-13(12)22(29)31/h1-6,9-10H,7-8,11H2,(H2,25,26). The van der Waals surface area contributed by atoms with Gasteiger partial charge in [-0.3, -0.25) is 14.5 Å².